The molecule has 0 spiro atoms. The molecular weight excluding hydrogens is 240 g/mol. The Hall–Kier alpha value is -1.55. The summed E-state index contributed by atoms with van der Waals surface area (Å²) in [5.74, 6) is 1.65. The van der Waals surface area contributed by atoms with E-state index in [4.69, 9.17) is 4.42 Å². The molecule has 3 aliphatic heterocycles. The van der Waals surface area contributed by atoms with Gasteiger partial charge in [0.05, 0.1) is 6.26 Å². The first-order chi connectivity index (χ1) is 9.28. The monoisotopic (exact) mass is 260 g/mol. The van der Waals surface area contributed by atoms with E-state index in [0.29, 0.717) is 24.3 Å². The van der Waals surface area contributed by atoms with Crippen molar-refractivity contribution in [1.29, 1.82) is 0 Å². The van der Waals surface area contributed by atoms with Gasteiger partial charge in [0.15, 0.2) is 5.76 Å². The summed E-state index contributed by atoms with van der Waals surface area (Å²) >= 11 is 0. The maximum Gasteiger partial charge on any atom is 0.287 e. The Morgan fingerprint density at radius 2 is 2.53 bits per heavy atom. The molecule has 1 N–H and O–H groups in total. The van der Waals surface area contributed by atoms with Crippen LogP contribution in [0.15, 0.2) is 35.5 Å². The molecule has 4 atom stereocenters. The summed E-state index contributed by atoms with van der Waals surface area (Å²) in [6.45, 7) is 6.88. The molecule has 0 radical (unpaired) electrons. The lowest BCUT2D eigenvalue weighted by atomic mass is 9.75. The van der Waals surface area contributed by atoms with Gasteiger partial charge in [-0.25, -0.2) is 0 Å². The molecule has 0 saturated carbocycles. The van der Waals surface area contributed by atoms with Crippen LogP contribution in [0.2, 0.25) is 0 Å². The van der Waals surface area contributed by atoms with Crippen molar-refractivity contribution in [2.24, 2.45) is 11.8 Å². The average Bonchev–Trinajstić information content (AvgIpc) is 2.99. The number of hydrogen-bond acceptors (Lipinski definition) is 3. The number of fused-ring (bicyclic) bond motifs is 3. The van der Waals surface area contributed by atoms with Gasteiger partial charge in [-0.1, -0.05) is 6.08 Å². The highest BCUT2D eigenvalue weighted by Gasteiger charge is 2.38. The first kappa shape index (κ1) is 12.5. The molecule has 1 unspecified atom stereocenters. The van der Waals surface area contributed by atoms with Crippen molar-refractivity contribution in [2.75, 3.05) is 19.6 Å². The average molecular weight is 260 g/mol. The van der Waals surface area contributed by atoms with E-state index in [1.54, 1.807) is 12.1 Å². The largest absolute Gasteiger partial charge is 0.459 e. The minimum absolute atomic E-state index is 0.118. The van der Waals surface area contributed by atoms with Crippen LogP contribution in [-0.4, -0.2) is 36.5 Å². The Morgan fingerprint density at radius 1 is 1.63 bits per heavy atom. The van der Waals surface area contributed by atoms with Gasteiger partial charge in [0.25, 0.3) is 5.91 Å². The van der Waals surface area contributed by atoms with Crippen molar-refractivity contribution in [3.05, 3.63) is 36.8 Å². The highest BCUT2D eigenvalue weighted by atomic mass is 16.3. The van der Waals surface area contributed by atoms with Crippen LogP contribution in [-0.2, 0) is 0 Å². The van der Waals surface area contributed by atoms with E-state index in [9.17, 15) is 4.79 Å². The van der Waals surface area contributed by atoms with Crippen molar-refractivity contribution >= 4 is 5.91 Å². The predicted molar refractivity (Wildman–Crippen MR) is 72.8 cm³/mol. The molecule has 3 saturated heterocycles. The molecule has 3 aliphatic rings. The van der Waals surface area contributed by atoms with Crippen LogP contribution in [0, 0.1) is 11.8 Å². The number of nitrogens with one attached hydrogen (secondary N) is 1. The Kier molecular flexibility index (Phi) is 3.42. The third-order valence-electron chi connectivity index (χ3n) is 4.48. The van der Waals surface area contributed by atoms with Crippen molar-refractivity contribution in [2.45, 2.75) is 18.9 Å². The molecule has 0 aromatic carbocycles. The van der Waals surface area contributed by atoms with E-state index in [1.165, 1.54) is 12.7 Å². The summed E-state index contributed by atoms with van der Waals surface area (Å²) in [5.41, 5.74) is 0. The Balaban J connectivity index is 1.54. The second kappa shape index (κ2) is 5.21. The van der Waals surface area contributed by atoms with Crippen LogP contribution in [0.5, 0.6) is 0 Å². The lowest BCUT2D eigenvalue weighted by molar-refractivity contribution is 0.0194. The van der Waals surface area contributed by atoms with Crippen LogP contribution in [0.1, 0.15) is 23.4 Å². The zero-order valence-electron chi connectivity index (χ0n) is 11.0. The van der Waals surface area contributed by atoms with Crippen molar-refractivity contribution in [3.8, 4) is 0 Å². The van der Waals surface area contributed by atoms with Crippen LogP contribution in [0.3, 0.4) is 0 Å². The summed E-state index contributed by atoms with van der Waals surface area (Å²) in [6, 6.07) is 3.89. The molecule has 3 fully saturated rings. The molecule has 4 heteroatoms. The number of amides is 1. The fraction of sp³-hybridized carbons (Fsp3) is 0.533. The Morgan fingerprint density at radius 3 is 3.16 bits per heavy atom. The molecule has 102 valence electrons. The molecule has 4 rings (SSSR count). The van der Waals surface area contributed by atoms with Crippen LogP contribution in [0.4, 0.5) is 0 Å². The minimum atomic E-state index is -0.118. The second-order valence-corrected chi connectivity index (χ2v) is 5.52. The highest BCUT2D eigenvalue weighted by Crippen LogP contribution is 2.36. The maximum atomic E-state index is 11.8. The van der Waals surface area contributed by atoms with Crippen molar-refractivity contribution < 1.29 is 9.21 Å². The summed E-state index contributed by atoms with van der Waals surface area (Å²) in [6.07, 6.45) is 6.04. The summed E-state index contributed by atoms with van der Waals surface area (Å²) in [7, 11) is 0. The number of carbonyl (C=O) groups is 1. The number of piperidine rings is 3. The zero-order valence-corrected chi connectivity index (χ0v) is 11.0. The fourth-order valence-electron chi connectivity index (χ4n) is 3.36. The van der Waals surface area contributed by atoms with E-state index in [2.05, 4.69) is 22.9 Å². The molecule has 1 aromatic rings. The number of carbonyl (C=O) groups excluding carboxylic acids is 1. The van der Waals surface area contributed by atoms with Crippen LogP contribution < -0.4 is 5.32 Å². The number of nitrogens with zero attached hydrogens (tertiary/aromatic N) is 1. The van der Waals surface area contributed by atoms with Crippen LogP contribution >= 0.6 is 0 Å². The van der Waals surface area contributed by atoms with Gasteiger partial charge in [-0.3, -0.25) is 9.69 Å². The lowest BCUT2D eigenvalue weighted by Gasteiger charge is -2.49. The van der Waals surface area contributed by atoms with Crippen LogP contribution in [0.25, 0.3) is 0 Å². The summed E-state index contributed by atoms with van der Waals surface area (Å²) in [5, 5.41) is 2.97. The van der Waals surface area contributed by atoms with Crippen molar-refractivity contribution in [1.82, 2.24) is 10.2 Å². The zero-order chi connectivity index (χ0) is 13.2. The Labute approximate surface area is 113 Å². The van der Waals surface area contributed by atoms with E-state index in [-0.39, 0.29) is 5.91 Å². The molecule has 4 nitrogen and oxygen atoms in total. The Bertz CT molecular complexity index is 455. The van der Waals surface area contributed by atoms with E-state index < -0.39 is 0 Å². The van der Waals surface area contributed by atoms with Crippen molar-refractivity contribution in [3.63, 3.8) is 0 Å². The maximum absolute atomic E-state index is 11.8. The number of furan rings is 1. The third-order valence-corrected chi connectivity index (χ3v) is 4.48. The van der Waals surface area contributed by atoms with E-state index in [1.807, 2.05) is 0 Å². The van der Waals surface area contributed by atoms with Gasteiger partial charge in [0.1, 0.15) is 0 Å². The van der Waals surface area contributed by atoms with Gasteiger partial charge in [-0.2, -0.15) is 0 Å². The van der Waals surface area contributed by atoms with Gasteiger partial charge in [-0.05, 0) is 43.4 Å². The standard InChI is InChI=1S/C15H20N2O2/c1-2-11-10-17-6-5-12(11)8-13(17)9-16-15(18)14-4-3-7-19-14/h2-4,7,11-13H,1,5-6,8-10H2,(H,16,18)/t11-,12-,13+/m0/s1. The second-order valence-electron chi connectivity index (χ2n) is 5.52. The molecule has 4 heterocycles. The molecule has 0 aliphatic carbocycles. The molecule has 1 aromatic heterocycles. The van der Waals surface area contributed by atoms with Gasteiger partial charge in [0.2, 0.25) is 0 Å². The van der Waals surface area contributed by atoms with Gasteiger partial charge in [-0.15, -0.1) is 6.58 Å². The van der Waals surface area contributed by atoms with Gasteiger partial charge >= 0.3 is 0 Å². The SMILES string of the molecule is C=C[C@H]1CN2CC[C@H]1C[C@@H]2CNC(=O)c1ccco1. The van der Waals surface area contributed by atoms with Gasteiger partial charge in [0, 0.05) is 19.1 Å². The highest BCUT2D eigenvalue weighted by molar-refractivity contribution is 5.91. The number of rotatable bonds is 4. The normalized spacial score (nSPS) is 33.1. The fourth-order valence-corrected chi connectivity index (χ4v) is 3.36. The molecule has 19 heavy (non-hydrogen) atoms. The summed E-state index contributed by atoms with van der Waals surface area (Å²) < 4.78 is 5.09. The molecular formula is C15H20N2O2. The predicted octanol–water partition coefficient (Wildman–Crippen LogP) is 1.91. The van der Waals surface area contributed by atoms with E-state index in [0.717, 1.165) is 25.4 Å². The van der Waals surface area contributed by atoms with E-state index >= 15 is 0 Å². The first-order valence-electron chi connectivity index (χ1n) is 6.96. The smallest absolute Gasteiger partial charge is 0.287 e. The summed E-state index contributed by atoms with van der Waals surface area (Å²) in [4.78, 5) is 14.3. The quantitative estimate of drug-likeness (QED) is 0.841. The lowest BCUT2D eigenvalue weighted by Crippen LogP contribution is -2.56. The number of hydrogen-bond donors (Lipinski definition) is 1. The topological polar surface area (TPSA) is 45.5 Å². The first-order valence-corrected chi connectivity index (χ1v) is 6.96. The van der Waals surface area contributed by atoms with Gasteiger partial charge < -0.3 is 9.73 Å². The third kappa shape index (κ3) is 2.45. The minimum Gasteiger partial charge on any atom is -0.459 e. The molecule has 2 bridgehead atoms. The molecule has 1 amide bonds.